The Bertz CT molecular complexity index is 516. The maximum Gasteiger partial charge on any atom is 0.154 e. The molecule has 0 spiro atoms. The van der Waals surface area contributed by atoms with Gasteiger partial charge in [0.25, 0.3) is 0 Å². The van der Waals surface area contributed by atoms with Gasteiger partial charge in [0.05, 0.1) is 0 Å². The summed E-state index contributed by atoms with van der Waals surface area (Å²) in [5, 5.41) is 3.35. The average molecular weight is 285 g/mol. The highest BCUT2D eigenvalue weighted by molar-refractivity contribution is 7.89. The van der Waals surface area contributed by atoms with Gasteiger partial charge in [0, 0.05) is 29.8 Å². The fraction of sp³-hybridized carbons (Fsp3) is 0.692. The number of hydrogen-bond donors (Lipinski definition) is 1. The highest BCUT2D eigenvalue weighted by Crippen LogP contribution is 2.11. The van der Waals surface area contributed by atoms with Crippen LogP contribution in [0.4, 0.5) is 0 Å². The van der Waals surface area contributed by atoms with Crippen LogP contribution < -0.4 is 5.32 Å². The molecule has 19 heavy (non-hydrogen) atoms. The average Bonchev–Trinajstić information content (AvgIpc) is 2.19. The van der Waals surface area contributed by atoms with Crippen molar-refractivity contribution in [3.05, 3.63) is 22.8 Å². The second-order valence-electron chi connectivity index (χ2n) is 5.38. The van der Waals surface area contributed by atoms with Crippen molar-refractivity contribution >= 4 is 9.84 Å². The molecule has 6 heteroatoms. The van der Waals surface area contributed by atoms with E-state index in [9.17, 15) is 8.42 Å². The first kappa shape index (κ1) is 16.0. The van der Waals surface area contributed by atoms with Crippen molar-refractivity contribution in [2.75, 3.05) is 12.8 Å². The van der Waals surface area contributed by atoms with E-state index in [-0.39, 0.29) is 5.75 Å². The maximum absolute atomic E-state index is 11.3. The Hall–Kier alpha value is -1.01. The highest BCUT2D eigenvalue weighted by atomic mass is 32.2. The number of sulfone groups is 1. The van der Waals surface area contributed by atoms with E-state index in [1.54, 1.807) is 0 Å². The van der Waals surface area contributed by atoms with Gasteiger partial charge >= 0.3 is 0 Å². The van der Waals surface area contributed by atoms with Gasteiger partial charge in [-0.3, -0.25) is 0 Å². The third-order valence-corrected chi connectivity index (χ3v) is 3.50. The first-order valence-electron chi connectivity index (χ1n) is 6.40. The van der Waals surface area contributed by atoms with E-state index in [1.807, 2.05) is 13.8 Å². The Morgan fingerprint density at radius 1 is 1.16 bits per heavy atom. The second-order valence-corrected chi connectivity index (χ2v) is 7.52. The zero-order valence-corrected chi connectivity index (χ0v) is 13.1. The van der Waals surface area contributed by atoms with Gasteiger partial charge in [-0.15, -0.1) is 0 Å². The lowest BCUT2D eigenvalue weighted by Gasteiger charge is -2.12. The normalized spacial score (nSPS) is 12.1. The minimum absolute atomic E-state index is 0.103. The monoisotopic (exact) mass is 285 g/mol. The van der Waals surface area contributed by atoms with Crippen molar-refractivity contribution in [1.29, 1.82) is 0 Å². The molecule has 0 atom stereocenters. The lowest BCUT2D eigenvalue weighted by Crippen LogP contribution is -2.21. The molecule has 1 aromatic heterocycles. The van der Waals surface area contributed by atoms with E-state index in [2.05, 4.69) is 29.1 Å². The highest BCUT2D eigenvalue weighted by Gasteiger charge is 2.12. The van der Waals surface area contributed by atoms with Gasteiger partial charge in [0.1, 0.15) is 11.6 Å². The Morgan fingerprint density at radius 2 is 1.68 bits per heavy atom. The molecule has 1 rings (SSSR count). The molecule has 0 aliphatic rings. The third-order valence-electron chi connectivity index (χ3n) is 2.71. The van der Waals surface area contributed by atoms with E-state index in [0.29, 0.717) is 11.7 Å². The third kappa shape index (κ3) is 5.65. The molecule has 0 saturated heterocycles. The fourth-order valence-electron chi connectivity index (χ4n) is 1.85. The number of aromatic nitrogens is 2. The van der Waals surface area contributed by atoms with Crippen LogP contribution in [-0.2, 0) is 22.1 Å². The van der Waals surface area contributed by atoms with Crippen LogP contribution in [-0.4, -0.2) is 31.2 Å². The molecular weight excluding hydrogens is 262 g/mol. The Kier molecular flexibility index (Phi) is 5.43. The maximum atomic E-state index is 11.3. The van der Waals surface area contributed by atoms with E-state index >= 15 is 0 Å². The molecule has 1 heterocycles. The van der Waals surface area contributed by atoms with E-state index in [4.69, 9.17) is 0 Å². The molecule has 0 radical (unpaired) electrons. The van der Waals surface area contributed by atoms with Crippen LogP contribution in [0.5, 0.6) is 0 Å². The van der Waals surface area contributed by atoms with Gasteiger partial charge in [0.2, 0.25) is 0 Å². The summed E-state index contributed by atoms with van der Waals surface area (Å²) in [7, 11) is -3.09. The molecule has 0 aromatic carbocycles. The zero-order valence-electron chi connectivity index (χ0n) is 12.3. The number of nitrogens with zero attached hydrogens (tertiary/aromatic N) is 2. The number of aryl methyl sites for hydroxylation is 2. The summed E-state index contributed by atoms with van der Waals surface area (Å²) in [5.74, 6) is 0.866. The minimum atomic E-state index is -3.09. The minimum Gasteiger partial charge on any atom is -0.312 e. The van der Waals surface area contributed by atoms with Crippen LogP contribution >= 0.6 is 0 Å². The zero-order chi connectivity index (χ0) is 14.6. The van der Waals surface area contributed by atoms with Crippen molar-refractivity contribution in [3.8, 4) is 0 Å². The Labute approximate surface area is 115 Å². The predicted molar refractivity (Wildman–Crippen MR) is 76.6 cm³/mol. The Balaban J connectivity index is 2.85. The van der Waals surface area contributed by atoms with E-state index in [0.717, 1.165) is 30.0 Å². The molecule has 108 valence electrons. The molecule has 1 aromatic rings. The summed E-state index contributed by atoms with van der Waals surface area (Å²) < 4.78 is 22.5. The van der Waals surface area contributed by atoms with Gasteiger partial charge < -0.3 is 5.32 Å². The van der Waals surface area contributed by atoms with Gasteiger partial charge in [-0.1, -0.05) is 13.8 Å². The van der Waals surface area contributed by atoms with Crippen LogP contribution in [0.2, 0.25) is 0 Å². The number of rotatable bonds is 6. The van der Waals surface area contributed by atoms with E-state index < -0.39 is 9.84 Å². The van der Waals surface area contributed by atoms with E-state index in [1.165, 1.54) is 6.26 Å². The molecular formula is C13H23N3O2S. The van der Waals surface area contributed by atoms with Crippen molar-refractivity contribution < 1.29 is 8.42 Å². The van der Waals surface area contributed by atoms with Crippen molar-refractivity contribution in [2.45, 2.75) is 40.0 Å². The van der Waals surface area contributed by atoms with Gasteiger partial charge in [-0.25, -0.2) is 18.4 Å². The predicted octanol–water partition coefficient (Wildman–Crippen LogP) is 1.38. The molecule has 0 aliphatic carbocycles. The summed E-state index contributed by atoms with van der Waals surface area (Å²) in [4.78, 5) is 8.57. The van der Waals surface area contributed by atoms with Crippen LogP contribution in [0, 0.1) is 19.8 Å². The standard InChI is InChI=1S/C13H23N3O2S/c1-9(2)6-14-7-12-10(3)15-13(16-11(12)4)8-19(5,17)18/h9,14H,6-8H2,1-5H3. The molecule has 1 N–H and O–H groups in total. The largest absolute Gasteiger partial charge is 0.312 e. The Morgan fingerprint density at radius 3 is 2.11 bits per heavy atom. The van der Waals surface area contributed by atoms with Gasteiger partial charge in [0.15, 0.2) is 9.84 Å². The molecule has 0 fully saturated rings. The second kappa shape index (κ2) is 6.43. The quantitative estimate of drug-likeness (QED) is 0.855. The van der Waals surface area contributed by atoms with Gasteiger partial charge in [-0.2, -0.15) is 0 Å². The molecule has 0 saturated carbocycles. The van der Waals surface area contributed by atoms with Crippen LogP contribution in [0.1, 0.15) is 36.6 Å². The molecule has 0 amide bonds. The van der Waals surface area contributed by atoms with Crippen LogP contribution in [0.3, 0.4) is 0 Å². The SMILES string of the molecule is Cc1nc(CS(C)(=O)=O)nc(C)c1CNCC(C)C. The summed E-state index contributed by atoms with van der Waals surface area (Å²) in [6, 6.07) is 0. The molecule has 0 unspecified atom stereocenters. The van der Waals surface area contributed by atoms with Crippen molar-refractivity contribution in [1.82, 2.24) is 15.3 Å². The lowest BCUT2D eigenvalue weighted by molar-refractivity contribution is 0.548. The summed E-state index contributed by atoms with van der Waals surface area (Å²) in [5.41, 5.74) is 2.75. The molecule has 0 bridgehead atoms. The summed E-state index contributed by atoms with van der Waals surface area (Å²) in [6.45, 7) is 9.75. The summed E-state index contributed by atoms with van der Waals surface area (Å²) >= 11 is 0. The van der Waals surface area contributed by atoms with Crippen LogP contribution in [0.15, 0.2) is 0 Å². The molecule has 5 nitrogen and oxygen atoms in total. The van der Waals surface area contributed by atoms with Gasteiger partial charge in [-0.05, 0) is 26.3 Å². The lowest BCUT2D eigenvalue weighted by atomic mass is 10.1. The number of hydrogen-bond acceptors (Lipinski definition) is 5. The topological polar surface area (TPSA) is 72.0 Å². The first-order chi connectivity index (χ1) is 8.69. The fourth-order valence-corrected chi connectivity index (χ4v) is 2.45. The first-order valence-corrected chi connectivity index (χ1v) is 8.46. The smallest absolute Gasteiger partial charge is 0.154 e. The number of nitrogens with one attached hydrogen (secondary N) is 1. The van der Waals surface area contributed by atoms with Crippen molar-refractivity contribution in [3.63, 3.8) is 0 Å². The van der Waals surface area contributed by atoms with Crippen molar-refractivity contribution in [2.24, 2.45) is 5.92 Å². The molecule has 0 aliphatic heterocycles. The van der Waals surface area contributed by atoms with Crippen LogP contribution in [0.25, 0.3) is 0 Å². The summed E-state index contributed by atoms with van der Waals surface area (Å²) in [6.07, 6.45) is 1.19.